The van der Waals surface area contributed by atoms with Crippen molar-refractivity contribution in [3.05, 3.63) is 71.8 Å². The van der Waals surface area contributed by atoms with Crippen LogP contribution in [-0.2, 0) is 12.0 Å². The minimum absolute atomic E-state index is 0.175. The topological polar surface area (TPSA) is 9.23 Å². The average molecular weight is 266 g/mol. The van der Waals surface area contributed by atoms with Crippen LogP contribution < -0.4 is 4.74 Å². The second kappa shape index (κ2) is 5.96. The van der Waals surface area contributed by atoms with Gasteiger partial charge in [-0.25, -0.2) is 0 Å². The quantitative estimate of drug-likeness (QED) is 0.738. The highest BCUT2D eigenvalue weighted by Crippen LogP contribution is 2.24. The van der Waals surface area contributed by atoms with Crippen LogP contribution in [0.1, 0.15) is 37.5 Å². The Morgan fingerprint density at radius 1 is 1.00 bits per heavy atom. The van der Waals surface area contributed by atoms with Crippen LogP contribution in [0.2, 0.25) is 0 Å². The molecule has 1 nitrogen and oxygen atoms in total. The highest BCUT2D eigenvalue weighted by Gasteiger charge is 2.12. The zero-order valence-electron chi connectivity index (χ0n) is 12.5. The molecule has 0 heterocycles. The van der Waals surface area contributed by atoms with Gasteiger partial charge in [0.2, 0.25) is 0 Å². The summed E-state index contributed by atoms with van der Waals surface area (Å²) in [7, 11) is 0. The smallest absolute Gasteiger partial charge is 0.119 e. The van der Waals surface area contributed by atoms with E-state index in [0.717, 1.165) is 16.9 Å². The number of hydrogen-bond donors (Lipinski definition) is 0. The fraction of sp³-hybridized carbons (Fsp3) is 0.263. The Morgan fingerprint density at radius 3 is 2.25 bits per heavy atom. The third-order valence-corrected chi connectivity index (χ3v) is 3.39. The second-order valence-electron chi connectivity index (χ2n) is 5.97. The summed E-state index contributed by atoms with van der Waals surface area (Å²) in [6.07, 6.45) is 1.86. The molecule has 0 aromatic heterocycles. The van der Waals surface area contributed by atoms with Crippen LogP contribution in [0, 0.1) is 0 Å². The summed E-state index contributed by atoms with van der Waals surface area (Å²) in [5, 5.41) is 0. The van der Waals surface area contributed by atoms with Gasteiger partial charge < -0.3 is 4.74 Å². The molecule has 0 unspecified atom stereocenters. The highest BCUT2D eigenvalue weighted by atomic mass is 16.5. The van der Waals surface area contributed by atoms with Crippen molar-refractivity contribution in [3.8, 4) is 5.75 Å². The van der Waals surface area contributed by atoms with E-state index in [1.54, 1.807) is 0 Å². The number of ether oxygens (including phenoxy) is 1. The number of benzene rings is 2. The van der Waals surface area contributed by atoms with Crippen LogP contribution in [0.4, 0.5) is 0 Å². The van der Waals surface area contributed by atoms with Crippen molar-refractivity contribution >= 4 is 6.08 Å². The third kappa shape index (κ3) is 3.51. The lowest BCUT2D eigenvalue weighted by molar-refractivity contribution is 0.306. The first-order valence-corrected chi connectivity index (χ1v) is 6.94. The van der Waals surface area contributed by atoms with E-state index in [1.807, 2.05) is 36.4 Å². The lowest BCUT2D eigenvalue weighted by Gasteiger charge is -2.19. The van der Waals surface area contributed by atoms with E-state index in [1.165, 1.54) is 5.56 Å². The van der Waals surface area contributed by atoms with Crippen LogP contribution in [0.15, 0.2) is 55.1 Å². The first-order chi connectivity index (χ1) is 9.50. The lowest BCUT2D eigenvalue weighted by Crippen LogP contribution is -2.10. The molecule has 0 saturated carbocycles. The molecule has 2 aromatic carbocycles. The Hall–Kier alpha value is -2.02. The first kappa shape index (κ1) is 14.4. The van der Waals surface area contributed by atoms with Crippen LogP contribution in [-0.4, -0.2) is 0 Å². The van der Waals surface area contributed by atoms with E-state index in [2.05, 4.69) is 45.5 Å². The van der Waals surface area contributed by atoms with Crippen LogP contribution in [0.5, 0.6) is 5.75 Å². The van der Waals surface area contributed by atoms with Gasteiger partial charge in [-0.05, 0) is 34.2 Å². The summed E-state index contributed by atoms with van der Waals surface area (Å²) in [4.78, 5) is 0. The largest absolute Gasteiger partial charge is 0.489 e. The standard InChI is InChI=1S/C19H22O/c1-5-15-8-6-7-9-16(15)14-20-18-12-10-17(11-13-18)19(2,3)4/h5-13H,1,14H2,2-4H3. The maximum absolute atomic E-state index is 5.85. The van der Waals surface area contributed by atoms with Crippen molar-refractivity contribution in [2.75, 3.05) is 0 Å². The molecule has 0 N–H and O–H groups in total. The summed E-state index contributed by atoms with van der Waals surface area (Å²) in [6.45, 7) is 11.0. The summed E-state index contributed by atoms with van der Waals surface area (Å²) in [5.41, 5.74) is 3.77. The summed E-state index contributed by atoms with van der Waals surface area (Å²) < 4.78 is 5.85. The molecule has 0 aliphatic carbocycles. The molecule has 0 aliphatic heterocycles. The molecule has 0 radical (unpaired) electrons. The van der Waals surface area contributed by atoms with Crippen LogP contribution >= 0.6 is 0 Å². The lowest BCUT2D eigenvalue weighted by atomic mass is 9.87. The molecule has 104 valence electrons. The van der Waals surface area contributed by atoms with Gasteiger partial charge in [-0.1, -0.05) is 69.8 Å². The predicted octanol–water partition coefficient (Wildman–Crippen LogP) is 5.21. The van der Waals surface area contributed by atoms with Crippen molar-refractivity contribution in [2.45, 2.75) is 32.8 Å². The van der Waals surface area contributed by atoms with Crippen molar-refractivity contribution in [1.82, 2.24) is 0 Å². The van der Waals surface area contributed by atoms with Crippen molar-refractivity contribution in [1.29, 1.82) is 0 Å². The molecule has 2 rings (SSSR count). The van der Waals surface area contributed by atoms with Crippen LogP contribution in [0.3, 0.4) is 0 Å². The number of rotatable bonds is 4. The normalized spacial score (nSPS) is 11.2. The van der Waals surface area contributed by atoms with E-state index in [0.29, 0.717) is 6.61 Å². The average Bonchev–Trinajstić information content (AvgIpc) is 2.45. The van der Waals surface area contributed by atoms with Gasteiger partial charge in [0.1, 0.15) is 12.4 Å². The van der Waals surface area contributed by atoms with Gasteiger partial charge >= 0.3 is 0 Å². The fourth-order valence-corrected chi connectivity index (χ4v) is 2.08. The van der Waals surface area contributed by atoms with Crippen molar-refractivity contribution in [3.63, 3.8) is 0 Å². The monoisotopic (exact) mass is 266 g/mol. The van der Waals surface area contributed by atoms with Crippen molar-refractivity contribution < 1.29 is 4.74 Å². The Morgan fingerprint density at radius 2 is 1.65 bits per heavy atom. The third-order valence-electron chi connectivity index (χ3n) is 3.39. The van der Waals surface area contributed by atoms with E-state index < -0.39 is 0 Å². The zero-order chi connectivity index (χ0) is 14.6. The molecule has 0 fully saturated rings. The molecular weight excluding hydrogens is 244 g/mol. The van der Waals surface area contributed by atoms with Crippen molar-refractivity contribution in [2.24, 2.45) is 0 Å². The molecule has 0 atom stereocenters. The number of hydrogen-bond acceptors (Lipinski definition) is 1. The van der Waals surface area contributed by atoms with E-state index in [-0.39, 0.29) is 5.41 Å². The van der Waals surface area contributed by atoms with Crippen LogP contribution in [0.25, 0.3) is 6.08 Å². The van der Waals surface area contributed by atoms with Gasteiger partial charge in [0, 0.05) is 0 Å². The Balaban J connectivity index is 2.06. The molecule has 0 spiro atoms. The molecule has 1 heteroatoms. The van der Waals surface area contributed by atoms with Gasteiger partial charge in [0.05, 0.1) is 0 Å². The minimum Gasteiger partial charge on any atom is -0.489 e. The summed E-state index contributed by atoms with van der Waals surface area (Å²) in [5.74, 6) is 0.900. The SMILES string of the molecule is C=Cc1ccccc1COc1ccc(C(C)(C)C)cc1. The Kier molecular flexibility index (Phi) is 4.29. The molecule has 0 aliphatic rings. The van der Waals surface area contributed by atoms with E-state index in [4.69, 9.17) is 4.74 Å². The molecular formula is C19H22O. The first-order valence-electron chi connectivity index (χ1n) is 6.94. The molecule has 2 aromatic rings. The Bertz CT molecular complexity index is 573. The predicted molar refractivity (Wildman–Crippen MR) is 86.0 cm³/mol. The molecule has 0 amide bonds. The maximum atomic E-state index is 5.85. The van der Waals surface area contributed by atoms with Gasteiger partial charge in [0.15, 0.2) is 0 Å². The van der Waals surface area contributed by atoms with E-state index in [9.17, 15) is 0 Å². The summed E-state index contributed by atoms with van der Waals surface area (Å²) in [6, 6.07) is 16.5. The Labute approximate surface area is 121 Å². The highest BCUT2D eigenvalue weighted by molar-refractivity contribution is 5.51. The maximum Gasteiger partial charge on any atom is 0.119 e. The van der Waals surface area contributed by atoms with Gasteiger partial charge in [-0.3, -0.25) is 0 Å². The fourth-order valence-electron chi connectivity index (χ4n) is 2.08. The zero-order valence-corrected chi connectivity index (χ0v) is 12.5. The van der Waals surface area contributed by atoms with Gasteiger partial charge in [0.25, 0.3) is 0 Å². The minimum atomic E-state index is 0.175. The molecule has 20 heavy (non-hydrogen) atoms. The summed E-state index contributed by atoms with van der Waals surface area (Å²) >= 11 is 0. The van der Waals surface area contributed by atoms with E-state index >= 15 is 0 Å². The molecule has 0 bridgehead atoms. The van der Waals surface area contributed by atoms with Gasteiger partial charge in [-0.2, -0.15) is 0 Å². The molecule has 0 saturated heterocycles. The van der Waals surface area contributed by atoms with Gasteiger partial charge in [-0.15, -0.1) is 0 Å². The second-order valence-corrected chi connectivity index (χ2v) is 5.97.